The first-order valence-corrected chi connectivity index (χ1v) is 9.33. The zero-order valence-electron chi connectivity index (χ0n) is 15.3. The van der Waals surface area contributed by atoms with Crippen LogP contribution in [0.15, 0.2) is 0 Å². The van der Waals surface area contributed by atoms with Gasteiger partial charge in [-0.25, -0.2) is 9.34 Å². The molecule has 0 aliphatic heterocycles. The Labute approximate surface area is 134 Å². The molecule has 0 rings (SSSR count). The van der Waals surface area contributed by atoms with Crippen LogP contribution in [0.1, 0.15) is 68.2 Å². The van der Waals surface area contributed by atoms with Crippen LogP contribution >= 0.6 is 8.45 Å². The number of rotatable bonds is 10. The van der Waals surface area contributed by atoms with Gasteiger partial charge in [-0.05, 0) is 61.8 Å². The fraction of sp³-hybridized carbons (Fsp3) is 0.882. The minimum atomic E-state index is -0.764. The first-order chi connectivity index (χ1) is 9.73. The van der Waals surface area contributed by atoms with Crippen LogP contribution in [0.5, 0.6) is 0 Å². The molecule has 0 aromatic rings. The third kappa shape index (κ3) is 7.11. The zero-order valence-corrected chi connectivity index (χ0v) is 16.2. The quantitative estimate of drug-likeness (QED) is 0.325. The lowest BCUT2D eigenvalue weighted by Gasteiger charge is -2.45. The van der Waals surface area contributed by atoms with E-state index < -0.39 is 8.45 Å². The Morgan fingerprint density at radius 2 is 1.24 bits per heavy atom. The molecule has 0 atom stereocenters. The molecule has 0 aromatic heterocycles. The lowest BCUT2D eigenvalue weighted by Crippen LogP contribution is -2.43. The van der Waals surface area contributed by atoms with Gasteiger partial charge in [0.25, 0.3) is 0 Å². The van der Waals surface area contributed by atoms with E-state index in [1.54, 1.807) is 0 Å². The second kappa shape index (κ2) is 10.6. The Kier molecular flexibility index (Phi) is 10.5. The van der Waals surface area contributed by atoms with Crippen molar-refractivity contribution in [1.29, 1.82) is 0 Å². The van der Waals surface area contributed by atoms with Gasteiger partial charge >= 0.3 is 0 Å². The highest BCUT2D eigenvalue weighted by molar-refractivity contribution is 7.47. The topological polar surface area (TPSA) is 15.7 Å². The van der Waals surface area contributed by atoms with Crippen molar-refractivity contribution in [1.82, 2.24) is 9.34 Å². The summed E-state index contributed by atoms with van der Waals surface area (Å²) in [5, 5.41) is 0. The summed E-state index contributed by atoms with van der Waals surface area (Å²) >= 11 is 0. The molecule has 0 bridgehead atoms. The van der Waals surface area contributed by atoms with Crippen LogP contribution in [0.4, 0.5) is 0 Å². The van der Waals surface area contributed by atoms with Crippen LogP contribution < -0.4 is 0 Å². The van der Waals surface area contributed by atoms with Crippen LogP contribution in [0.2, 0.25) is 0 Å². The van der Waals surface area contributed by atoms with Crippen LogP contribution in [0, 0.1) is 12.3 Å². The summed E-state index contributed by atoms with van der Waals surface area (Å²) in [6.07, 6.45) is 7.06. The van der Waals surface area contributed by atoms with E-state index in [1.165, 1.54) is 0 Å². The SMILES string of the molecule is C#CCCCOP(N(C(C)C)C(C)C)N(C(C)C)C(C)C. The lowest BCUT2D eigenvalue weighted by atomic mass is 10.3. The largest absolute Gasteiger partial charge is 0.331 e. The highest BCUT2D eigenvalue weighted by atomic mass is 31.2. The van der Waals surface area contributed by atoms with Crippen molar-refractivity contribution >= 4 is 8.45 Å². The smallest absolute Gasteiger partial charge is 0.188 e. The molecule has 4 heteroatoms. The van der Waals surface area contributed by atoms with E-state index in [4.69, 9.17) is 10.9 Å². The molecule has 0 heterocycles. The summed E-state index contributed by atoms with van der Waals surface area (Å²) in [5.74, 6) is 2.69. The van der Waals surface area contributed by atoms with E-state index >= 15 is 0 Å². The Bertz CT molecular complexity index is 274. The average molecular weight is 314 g/mol. The number of hydrogen-bond acceptors (Lipinski definition) is 3. The Morgan fingerprint density at radius 1 is 0.857 bits per heavy atom. The van der Waals surface area contributed by atoms with Gasteiger partial charge in [-0.3, -0.25) is 0 Å². The molecule has 0 amide bonds. The molecule has 0 saturated carbocycles. The number of hydrogen-bond donors (Lipinski definition) is 0. The first kappa shape index (κ1) is 20.9. The lowest BCUT2D eigenvalue weighted by molar-refractivity contribution is 0.186. The van der Waals surface area contributed by atoms with Gasteiger partial charge in [0.05, 0.1) is 6.61 Å². The van der Waals surface area contributed by atoms with Crippen LogP contribution in [-0.2, 0) is 4.52 Å². The summed E-state index contributed by atoms with van der Waals surface area (Å²) in [6, 6.07) is 1.85. The summed E-state index contributed by atoms with van der Waals surface area (Å²) < 4.78 is 11.3. The van der Waals surface area contributed by atoms with Gasteiger partial charge in [0, 0.05) is 30.6 Å². The van der Waals surface area contributed by atoms with E-state index in [0.717, 1.165) is 19.4 Å². The van der Waals surface area contributed by atoms with Gasteiger partial charge in [-0.2, -0.15) is 0 Å². The predicted molar refractivity (Wildman–Crippen MR) is 95.2 cm³/mol. The second-order valence-corrected chi connectivity index (χ2v) is 8.22. The molecule has 0 radical (unpaired) electrons. The van der Waals surface area contributed by atoms with Crippen LogP contribution in [0.3, 0.4) is 0 Å². The van der Waals surface area contributed by atoms with Gasteiger partial charge < -0.3 is 4.52 Å². The van der Waals surface area contributed by atoms with Gasteiger partial charge in [-0.1, -0.05) is 0 Å². The standard InChI is InChI=1S/C17H35N2OP/c1-10-11-12-13-20-21(18(14(2)3)15(4)5)19(16(6)7)17(8)9/h1,14-17H,11-13H2,2-9H3. The van der Waals surface area contributed by atoms with Crippen molar-refractivity contribution in [3.8, 4) is 12.3 Å². The maximum absolute atomic E-state index is 6.33. The fourth-order valence-electron chi connectivity index (χ4n) is 2.56. The minimum absolute atomic E-state index is 0.462. The highest BCUT2D eigenvalue weighted by Gasteiger charge is 2.34. The Morgan fingerprint density at radius 3 is 1.52 bits per heavy atom. The molecule has 0 saturated heterocycles. The van der Waals surface area contributed by atoms with Crippen molar-refractivity contribution < 1.29 is 4.52 Å². The number of nitrogens with zero attached hydrogens (tertiary/aromatic N) is 2. The van der Waals surface area contributed by atoms with E-state index in [0.29, 0.717) is 24.2 Å². The molecule has 0 aromatic carbocycles. The summed E-state index contributed by atoms with van der Waals surface area (Å²) in [5.41, 5.74) is 0. The van der Waals surface area contributed by atoms with Crippen LogP contribution in [-0.4, -0.2) is 40.1 Å². The monoisotopic (exact) mass is 314 g/mol. The Balaban J connectivity index is 5.17. The number of unbranched alkanes of at least 4 members (excludes halogenated alkanes) is 1. The molecule has 0 fully saturated rings. The molecule has 0 unspecified atom stereocenters. The maximum Gasteiger partial charge on any atom is 0.188 e. The highest BCUT2D eigenvalue weighted by Crippen LogP contribution is 2.50. The van der Waals surface area contributed by atoms with E-state index in [1.807, 2.05) is 0 Å². The van der Waals surface area contributed by atoms with E-state index in [2.05, 4.69) is 70.7 Å². The summed E-state index contributed by atoms with van der Waals surface area (Å²) in [6.45, 7) is 18.7. The molecular formula is C17H35N2OP. The zero-order chi connectivity index (χ0) is 16.6. The van der Waals surface area contributed by atoms with Crippen molar-refractivity contribution in [2.24, 2.45) is 0 Å². The van der Waals surface area contributed by atoms with Crippen molar-refractivity contribution in [3.63, 3.8) is 0 Å². The van der Waals surface area contributed by atoms with Crippen molar-refractivity contribution in [2.45, 2.75) is 92.4 Å². The molecule has 0 N–H and O–H groups in total. The predicted octanol–water partition coefficient (Wildman–Crippen LogP) is 4.88. The Hall–Kier alpha value is -0.130. The minimum Gasteiger partial charge on any atom is -0.331 e. The van der Waals surface area contributed by atoms with Gasteiger partial charge in [0.2, 0.25) is 0 Å². The van der Waals surface area contributed by atoms with Gasteiger partial charge in [0.1, 0.15) is 0 Å². The third-order valence-corrected chi connectivity index (χ3v) is 6.23. The van der Waals surface area contributed by atoms with Crippen molar-refractivity contribution in [3.05, 3.63) is 0 Å². The second-order valence-electron chi connectivity index (χ2n) is 6.53. The first-order valence-electron chi connectivity index (χ1n) is 8.17. The van der Waals surface area contributed by atoms with E-state index in [-0.39, 0.29) is 0 Å². The maximum atomic E-state index is 6.33. The third-order valence-electron chi connectivity index (χ3n) is 3.18. The molecular weight excluding hydrogens is 279 g/mol. The van der Waals surface area contributed by atoms with E-state index in [9.17, 15) is 0 Å². The summed E-state index contributed by atoms with van der Waals surface area (Å²) in [4.78, 5) is 0. The molecule has 124 valence electrons. The molecule has 3 nitrogen and oxygen atoms in total. The van der Waals surface area contributed by atoms with Gasteiger partial charge in [0.15, 0.2) is 8.45 Å². The fourth-order valence-corrected chi connectivity index (χ4v) is 4.93. The molecule has 21 heavy (non-hydrogen) atoms. The van der Waals surface area contributed by atoms with Crippen molar-refractivity contribution in [2.75, 3.05) is 6.61 Å². The van der Waals surface area contributed by atoms with Gasteiger partial charge in [-0.15, -0.1) is 12.3 Å². The normalized spacial score (nSPS) is 12.7. The average Bonchev–Trinajstić information content (AvgIpc) is 2.32. The molecule has 0 aliphatic rings. The summed E-state index contributed by atoms with van der Waals surface area (Å²) in [7, 11) is -0.764. The number of terminal acetylenes is 1. The molecule has 0 aliphatic carbocycles. The molecule has 0 spiro atoms. The van der Waals surface area contributed by atoms with Crippen LogP contribution in [0.25, 0.3) is 0 Å².